The van der Waals surface area contributed by atoms with Gasteiger partial charge in [-0.25, -0.2) is 9.97 Å². The molecule has 1 aromatic heterocycles. The quantitative estimate of drug-likeness (QED) is 0.936. The summed E-state index contributed by atoms with van der Waals surface area (Å²) in [5.41, 5.74) is 9.40. The fraction of sp³-hybridized carbons (Fsp3) is 0.353. The molecule has 2 rings (SSSR count). The number of rotatable bonds is 4. The molecule has 1 heterocycles. The standard InChI is InChI=1S/C17H22N4O2/c1-10-6-7-14(11(2)8-10)23-9-13-15(16(22)21(4)5)12(3)19-17(18)20-13/h6-8H,9H2,1-5H3,(H2,18,19,20). The molecular weight excluding hydrogens is 292 g/mol. The Morgan fingerprint density at radius 2 is 1.91 bits per heavy atom. The molecule has 0 saturated carbocycles. The van der Waals surface area contributed by atoms with Gasteiger partial charge in [0.05, 0.1) is 17.0 Å². The number of hydrogen-bond acceptors (Lipinski definition) is 5. The van der Waals surface area contributed by atoms with Crippen molar-refractivity contribution in [2.75, 3.05) is 19.8 Å². The lowest BCUT2D eigenvalue weighted by Gasteiger charge is -2.16. The first-order valence-electron chi connectivity index (χ1n) is 7.34. The number of ether oxygens (including phenoxy) is 1. The lowest BCUT2D eigenvalue weighted by Crippen LogP contribution is -2.26. The Kier molecular flexibility index (Phi) is 4.83. The molecule has 6 heteroatoms. The predicted octanol–water partition coefficient (Wildman–Crippen LogP) is 2.26. The van der Waals surface area contributed by atoms with Gasteiger partial charge in [0.25, 0.3) is 5.91 Å². The van der Waals surface area contributed by atoms with Crippen molar-refractivity contribution < 1.29 is 9.53 Å². The highest BCUT2D eigenvalue weighted by atomic mass is 16.5. The highest BCUT2D eigenvalue weighted by Crippen LogP contribution is 2.21. The van der Waals surface area contributed by atoms with Crippen LogP contribution < -0.4 is 10.5 Å². The second-order valence-electron chi connectivity index (χ2n) is 5.75. The topological polar surface area (TPSA) is 81.3 Å². The molecule has 0 saturated heterocycles. The lowest BCUT2D eigenvalue weighted by molar-refractivity contribution is 0.0823. The monoisotopic (exact) mass is 314 g/mol. The molecule has 0 aliphatic carbocycles. The van der Waals surface area contributed by atoms with E-state index in [1.54, 1.807) is 21.0 Å². The van der Waals surface area contributed by atoms with E-state index in [4.69, 9.17) is 10.5 Å². The van der Waals surface area contributed by atoms with Crippen molar-refractivity contribution in [2.24, 2.45) is 0 Å². The molecule has 2 N–H and O–H groups in total. The molecular formula is C17H22N4O2. The molecule has 0 unspecified atom stereocenters. The van der Waals surface area contributed by atoms with Crippen LogP contribution in [-0.4, -0.2) is 34.9 Å². The largest absolute Gasteiger partial charge is 0.487 e. The number of nitrogen functional groups attached to an aromatic ring is 1. The maximum absolute atomic E-state index is 12.4. The minimum atomic E-state index is -0.165. The van der Waals surface area contributed by atoms with Crippen molar-refractivity contribution in [1.82, 2.24) is 14.9 Å². The van der Waals surface area contributed by atoms with Gasteiger partial charge in [0, 0.05) is 14.1 Å². The van der Waals surface area contributed by atoms with E-state index < -0.39 is 0 Å². The highest BCUT2D eigenvalue weighted by molar-refractivity contribution is 5.96. The van der Waals surface area contributed by atoms with Crippen molar-refractivity contribution in [2.45, 2.75) is 27.4 Å². The van der Waals surface area contributed by atoms with Gasteiger partial charge in [0.2, 0.25) is 5.95 Å². The van der Waals surface area contributed by atoms with Crippen LogP contribution in [0.25, 0.3) is 0 Å². The zero-order valence-corrected chi connectivity index (χ0v) is 14.2. The predicted molar refractivity (Wildman–Crippen MR) is 89.4 cm³/mol. The van der Waals surface area contributed by atoms with Gasteiger partial charge in [-0.15, -0.1) is 0 Å². The van der Waals surface area contributed by atoms with Gasteiger partial charge >= 0.3 is 0 Å². The van der Waals surface area contributed by atoms with Crippen LogP contribution in [0.3, 0.4) is 0 Å². The van der Waals surface area contributed by atoms with Gasteiger partial charge < -0.3 is 15.4 Å². The van der Waals surface area contributed by atoms with Gasteiger partial charge in [-0.3, -0.25) is 4.79 Å². The molecule has 1 amide bonds. The van der Waals surface area contributed by atoms with Crippen LogP contribution in [0.2, 0.25) is 0 Å². The van der Waals surface area contributed by atoms with Crippen molar-refractivity contribution in [1.29, 1.82) is 0 Å². The van der Waals surface area contributed by atoms with Gasteiger partial charge in [0.15, 0.2) is 0 Å². The third kappa shape index (κ3) is 3.77. The van der Waals surface area contributed by atoms with E-state index in [1.807, 2.05) is 32.0 Å². The van der Waals surface area contributed by atoms with E-state index in [0.717, 1.165) is 11.3 Å². The molecule has 1 aromatic carbocycles. The zero-order chi connectivity index (χ0) is 17.1. The van der Waals surface area contributed by atoms with Gasteiger partial charge in [-0.2, -0.15) is 0 Å². The second-order valence-corrected chi connectivity index (χ2v) is 5.75. The van der Waals surface area contributed by atoms with Crippen LogP contribution >= 0.6 is 0 Å². The van der Waals surface area contributed by atoms with E-state index in [0.29, 0.717) is 17.0 Å². The van der Waals surface area contributed by atoms with Crippen LogP contribution in [0.5, 0.6) is 5.75 Å². The van der Waals surface area contributed by atoms with Gasteiger partial charge in [-0.05, 0) is 32.4 Å². The molecule has 0 spiro atoms. The summed E-state index contributed by atoms with van der Waals surface area (Å²) in [5.74, 6) is 0.729. The number of carbonyl (C=O) groups excluding carboxylic acids is 1. The Labute approximate surface area is 136 Å². The average molecular weight is 314 g/mol. The first kappa shape index (κ1) is 16.7. The van der Waals surface area contributed by atoms with Gasteiger partial charge in [-0.1, -0.05) is 17.7 Å². The third-order valence-electron chi connectivity index (χ3n) is 3.50. The summed E-state index contributed by atoms with van der Waals surface area (Å²) in [4.78, 5) is 22.1. The zero-order valence-electron chi connectivity index (χ0n) is 14.2. The molecule has 0 atom stereocenters. The van der Waals surface area contributed by atoms with Crippen molar-refractivity contribution in [3.63, 3.8) is 0 Å². The van der Waals surface area contributed by atoms with E-state index >= 15 is 0 Å². The summed E-state index contributed by atoms with van der Waals surface area (Å²) in [5, 5.41) is 0. The molecule has 6 nitrogen and oxygen atoms in total. The van der Waals surface area contributed by atoms with Gasteiger partial charge in [0.1, 0.15) is 12.4 Å². The van der Waals surface area contributed by atoms with Crippen LogP contribution in [0.4, 0.5) is 5.95 Å². The van der Waals surface area contributed by atoms with Crippen molar-refractivity contribution in [3.8, 4) is 5.75 Å². The molecule has 0 aliphatic heterocycles. The van der Waals surface area contributed by atoms with E-state index in [9.17, 15) is 4.79 Å². The van der Waals surface area contributed by atoms with Crippen molar-refractivity contribution in [3.05, 3.63) is 46.3 Å². The molecule has 23 heavy (non-hydrogen) atoms. The Balaban J connectivity index is 2.33. The molecule has 0 aliphatic rings. The van der Waals surface area contributed by atoms with E-state index in [1.165, 1.54) is 10.5 Å². The Bertz CT molecular complexity index is 742. The SMILES string of the molecule is Cc1ccc(OCc2nc(N)nc(C)c2C(=O)N(C)C)c(C)c1. The normalized spacial score (nSPS) is 10.5. The number of nitrogens with zero attached hydrogens (tertiary/aromatic N) is 3. The minimum Gasteiger partial charge on any atom is -0.487 e. The lowest BCUT2D eigenvalue weighted by atomic mass is 10.1. The Morgan fingerprint density at radius 3 is 2.52 bits per heavy atom. The third-order valence-corrected chi connectivity index (χ3v) is 3.50. The van der Waals surface area contributed by atoms with Crippen LogP contribution in [0.1, 0.15) is 32.9 Å². The molecule has 2 aromatic rings. The summed E-state index contributed by atoms with van der Waals surface area (Å²) in [6, 6.07) is 5.93. The Morgan fingerprint density at radius 1 is 1.22 bits per heavy atom. The molecule has 0 fully saturated rings. The summed E-state index contributed by atoms with van der Waals surface area (Å²) >= 11 is 0. The van der Waals surface area contributed by atoms with Crippen molar-refractivity contribution >= 4 is 11.9 Å². The number of carbonyl (C=O) groups is 1. The summed E-state index contributed by atoms with van der Waals surface area (Å²) in [6.45, 7) is 5.91. The van der Waals surface area contributed by atoms with E-state index in [-0.39, 0.29) is 18.5 Å². The minimum absolute atomic E-state index is 0.136. The second kappa shape index (κ2) is 6.64. The molecule has 122 valence electrons. The highest BCUT2D eigenvalue weighted by Gasteiger charge is 2.20. The van der Waals surface area contributed by atoms with Crippen LogP contribution in [0, 0.1) is 20.8 Å². The first-order valence-corrected chi connectivity index (χ1v) is 7.34. The Hall–Kier alpha value is -2.63. The number of aromatic nitrogens is 2. The number of nitrogens with two attached hydrogens (primary N) is 1. The first-order chi connectivity index (χ1) is 10.8. The number of aryl methyl sites for hydroxylation is 3. The number of anilines is 1. The number of hydrogen-bond donors (Lipinski definition) is 1. The summed E-state index contributed by atoms with van der Waals surface area (Å²) in [7, 11) is 3.37. The van der Waals surface area contributed by atoms with Crippen LogP contribution in [0.15, 0.2) is 18.2 Å². The number of amides is 1. The fourth-order valence-corrected chi connectivity index (χ4v) is 2.37. The molecule has 0 bridgehead atoms. The molecule has 0 radical (unpaired) electrons. The maximum Gasteiger partial charge on any atom is 0.257 e. The summed E-state index contributed by atoms with van der Waals surface area (Å²) < 4.78 is 5.84. The average Bonchev–Trinajstić information content (AvgIpc) is 2.45. The van der Waals surface area contributed by atoms with E-state index in [2.05, 4.69) is 9.97 Å². The fourth-order valence-electron chi connectivity index (χ4n) is 2.37. The van der Waals surface area contributed by atoms with Crippen LogP contribution in [-0.2, 0) is 6.61 Å². The smallest absolute Gasteiger partial charge is 0.257 e. The maximum atomic E-state index is 12.4. The summed E-state index contributed by atoms with van der Waals surface area (Å²) in [6.07, 6.45) is 0. The number of benzene rings is 1.